The molecule has 1 aliphatic heterocycles. The van der Waals surface area contributed by atoms with E-state index in [0.29, 0.717) is 29.7 Å². The standard InChI is InChI=1S/C17H18N6O3/c24-9-8-23-15(20-12-5-2-1-4-11(12)16(23)25)13-6-3-7-22(13)17(26)14-18-10-19-21-14/h1-2,4-5,10,13,24H,3,6-9H2,(H,18,19,21). The maximum atomic E-state index is 12.9. The average molecular weight is 354 g/mol. The molecule has 1 aromatic carbocycles. The molecule has 134 valence electrons. The minimum absolute atomic E-state index is 0.132. The minimum Gasteiger partial charge on any atom is -0.395 e. The Kier molecular flexibility index (Phi) is 4.21. The molecule has 2 aromatic heterocycles. The number of aliphatic hydroxyl groups excluding tert-OH is 1. The largest absolute Gasteiger partial charge is 0.395 e. The number of aromatic nitrogens is 5. The van der Waals surface area contributed by atoms with Crippen LogP contribution in [0.25, 0.3) is 10.9 Å². The van der Waals surface area contributed by atoms with Crippen LogP contribution in [-0.2, 0) is 6.54 Å². The molecule has 3 aromatic rings. The van der Waals surface area contributed by atoms with Gasteiger partial charge in [-0.25, -0.2) is 9.97 Å². The van der Waals surface area contributed by atoms with Gasteiger partial charge < -0.3 is 10.0 Å². The lowest BCUT2D eigenvalue weighted by Crippen LogP contribution is -2.36. The van der Waals surface area contributed by atoms with Crippen molar-refractivity contribution >= 4 is 16.8 Å². The third-order valence-corrected chi connectivity index (χ3v) is 4.64. The molecule has 1 atom stereocenters. The van der Waals surface area contributed by atoms with Gasteiger partial charge in [0, 0.05) is 6.54 Å². The van der Waals surface area contributed by atoms with Crippen LogP contribution in [0, 0.1) is 0 Å². The highest BCUT2D eigenvalue weighted by Gasteiger charge is 2.35. The molecule has 1 aliphatic rings. The fourth-order valence-electron chi connectivity index (χ4n) is 3.48. The summed E-state index contributed by atoms with van der Waals surface area (Å²) in [7, 11) is 0. The van der Waals surface area contributed by atoms with Crippen molar-refractivity contribution in [3.8, 4) is 0 Å². The van der Waals surface area contributed by atoms with Crippen molar-refractivity contribution in [1.82, 2.24) is 29.6 Å². The molecule has 1 unspecified atom stereocenters. The Hall–Kier alpha value is -3.07. The van der Waals surface area contributed by atoms with Gasteiger partial charge in [0.2, 0.25) is 5.82 Å². The van der Waals surface area contributed by atoms with E-state index in [1.54, 1.807) is 23.1 Å². The minimum atomic E-state index is -0.351. The van der Waals surface area contributed by atoms with Crippen molar-refractivity contribution in [1.29, 1.82) is 0 Å². The molecule has 1 amide bonds. The van der Waals surface area contributed by atoms with Gasteiger partial charge in [-0.15, -0.1) is 0 Å². The first-order valence-electron chi connectivity index (χ1n) is 8.47. The number of rotatable bonds is 4. The fourth-order valence-corrected chi connectivity index (χ4v) is 3.48. The van der Waals surface area contributed by atoms with Crippen LogP contribution in [0.1, 0.15) is 35.3 Å². The van der Waals surface area contributed by atoms with Crippen molar-refractivity contribution in [2.75, 3.05) is 13.2 Å². The number of hydrogen-bond donors (Lipinski definition) is 2. The van der Waals surface area contributed by atoms with Gasteiger partial charge in [0.1, 0.15) is 12.2 Å². The number of carbonyl (C=O) groups is 1. The first kappa shape index (κ1) is 16.4. The van der Waals surface area contributed by atoms with Gasteiger partial charge in [-0.3, -0.25) is 19.3 Å². The summed E-state index contributed by atoms with van der Waals surface area (Å²) in [6, 6.07) is 6.75. The summed E-state index contributed by atoms with van der Waals surface area (Å²) < 4.78 is 1.47. The van der Waals surface area contributed by atoms with Crippen molar-refractivity contribution in [2.45, 2.75) is 25.4 Å². The van der Waals surface area contributed by atoms with Gasteiger partial charge in [-0.1, -0.05) is 12.1 Å². The van der Waals surface area contributed by atoms with Gasteiger partial charge in [-0.05, 0) is 25.0 Å². The number of para-hydroxylation sites is 1. The predicted molar refractivity (Wildman–Crippen MR) is 92.5 cm³/mol. The molecule has 1 saturated heterocycles. The molecule has 4 rings (SSSR count). The third-order valence-electron chi connectivity index (χ3n) is 4.64. The molecule has 26 heavy (non-hydrogen) atoms. The summed E-state index contributed by atoms with van der Waals surface area (Å²) in [4.78, 5) is 35.9. The van der Waals surface area contributed by atoms with E-state index in [1.807, 2.05) is 6.07 Å². The Labute approximate surface area is 148 Å². The van der Waals surface area contributed by atoms with Crippen molar-refractivity contribution in [2.24, 2.45) is 0 Å². The highest BCUT2D eigenvalue weighted by Crippen LogP contribution is 2.32. The number of carbonyl (C=O) groups excluding carboxylic acids is 1. The van der Waals surface area contributed by atoms with Gasteiger partial charge in [0.05, 0.1) is 30.1 Å². The lowest BCUT2D eigenvalue weighted by atomic mass is 10.1. The van der Waals surface area contributed by atoms with Crippen molar-refractivity contribution in [3.63, 3.8) is 0 Å². The third kappa shape index (κ3) is 2.66. The molecule has 0 spiro atoms. The van der Waals surface area contributed by atoms with Crippen LogP contribution in [0.3, 0.4) is 0 Å². The SMILES string of the molecule is O=C(c1ncn[nH]1)N1CCCC1c1nc2ccccc2c(=O)n1CCO. The van der Waals surface area contributed by atoms with Gasteiger partial charge in [-0.2, -0.15) is 5.10 Å². The Morgan fingerprint density at radius 2 is 2.19 bits per heavy atom. The Morgan fingerprint density at radius 3 is 2.96 bits per heavy atom. The summed E-state index contributed by atoms with van der Waals surface area (Å²) >= 11 is 0. The molecule has 0 saturated carbocycles. The molecule has 0 radical (unpaired) electrons. The van der Waals surface area contributed by atoms with Crippen LogP contribution in [0.4, 0.5) is 0 Å². The summed E-state index contributed by atoms with van der Waals surface area (Å²) in [6.07, 6.45) is 2.77. The van der Waals surface area contributed by atoms with Gasteiger partial charge >= 0.3 is 0 Å². The quantitative estimate of drug-likeness (QED) is 0.704. The number of benzene rings is 1. The predicted octanol–water partition coefficient (Wildman–Crippen LogP) is 0.484. The summed E-state index contributed by atoms with van der Waals surface area (Å²) in [6.45, 7) is 0.495. The molecule has 3 heterocycles. The number of aromatic amines is 1. The monoisotopic (exact) mass is 354 g/mol. The Bertz CT molecular complexity index is 997. The van der Waals surface area contributed by atoms with Crippen LogP contribution < -0.4 is 5.56 Å². The van der Waals surface area contributed by atoms with Crippen molar-refractivity contribution in [3.05, 3.63) is 52.6 Å². The Morgan fingerprint density at radius 1 is 1.35 bits per heavy atom. The van der Waals surface area contributed by atoms with E-state index in [4.69, 9.17) is 0 Å². The fraction of sp³-hybridized carbons (Fsp3) is 0.353. The van der Waals surface area contributed by atoms with E-state index in [-0.39, 0.29) is 36.5 Å². The Balaban J connectivity index is 1.83. The average Bonchev–Trinajstić information content (AvgIpc) is 3.35. The second kappa shape index (κ2) is 6.68. The lowest BCUT2D eigenvalue weighted by Gasteiger charge is -2.25. The van der Waals surface area contributed by atoms with Crippen LogP contribution in [0.5, 0.6) is 0 Å². The van der Waals surface area contributed by atoms with Gasteiger partial charge in [0.25, 0.3) is 11.5 Å². The molecule has 2 N–H and O–H groups in total. The van der Waals surface area contributed by atoms with E-state index in [1.165, 1.54) is 10.9 Å². The number of likely N-dealkylation sites (tertiary alicyclic amines) is 1. The van der Waals surface area contributed by atoms with E-state index < -0.39 is 0 Å². The number of aliphatic hydroxyl groups is 1. The topological polar surface area (TPSA) is 117 Å². The van der Waals surface area contributed by atoms with E-state index in [0.717, 1.165) is 6.42 Å². The number of nitrogens with one attached hydrogen (secondary N) is 1. The maximum absolute atomic E-state index is 12.9. The molecule has 1 fully saturated rings. The van der Waals surface area contributed by atoms with E-state index >= 15 is 0 Å². The first-order chi connectivity index (χ1) is 12.7. The smallest absolute Gasteiger partial charge is 0.291 e. The number of amides is 1. The normalized spacial score (nSPS) is 17.1. The number of nitrogens with zero attached hydrogens (tertiary/aromatic N) is 5. The van der Waals surface area contributed by atoms with E-state index in [9.17, 15) is 14.7 Å². The van der Waals surface area contributed by atoms with E-state index in [2.05, 4.69) is 20.2 Å². The number of fused-ring (bicyclic) bond motifs is 1. The molecular weight excluding hydrogens is 336 g/mol. The van der Waals surface area contributed by atoms with Crippen LogP contribution in [-0.4, -0.2) is 53.8 Å². The van der Waals surface area contributed by atoms with Crippen LogP contribution >= 0.6 is 0 Å². The zero-order valence-corrected chi connectivity index (χ0v) is 14.0. The summed E-state index contributed by atoms with van der Waals surface area (Å²) in [5.41, 5.74) is 0.374. The maximum Gasteiger partial charge on any atom is 0.291 e. The molecule has 0 aliphatic carbocycles. The van der Waals surface area contributed by atoms with Crippen molar-refractivity contribution < 1.29 is 9.90 Å². The lowest BCUT2D eigenvalue weighted by molar-refractivity contribution is 0.0714. The van der Waals surface area contributed by atoms with Crippen LogP contribution in [0.15, 0.2) is 35.4 Å². The first-order valence-corrected chi connectivity index (χ1v) is 8.47. The molecule has 9 heteroatoms. The number of hydrogen-bond acceptors (Lipinski definition) is 6. The molecule has 9 nitrogen and oxygen atoms in total. The number of H-pyrrole nitrogens is 1. The van der Waals surface area contributed by atoms with Gasteiger partial charge in [0.15, 0.2) is 0 Å². The zero-order valence-electron chi connectivity index (χ0n) is 14.0. The summed E-state index contributed by atoms with van der Waals surface area (Å²) in [5.74, 6) is 0.379. The highest BCUT2D eigenvalue weighted by atomic mass is 16.3. The zero-order chi connectivity index (χ0) is 18.1. The second-order valence-corrected chi connectivity index (χ2v) is 6.16. The highest BCUT2D eigenvalue weighted by molar-refractivity contribution is 5.90. The summed E-state index contributed by atoms with van der Waals surface area (Å²) in [5, 5.41) is 16.2. The van der Waals surface area contributed by atoms with Crippen LogP contribution in [0.2, 0.25) is 0 Å². The molecular formula is C17H18N6O3. The second-order valence-electron chi connectivity index (χ2n) is 6.16. The molecule has 0 bridgehead atoms.